The normalized spacial score (nSPS) is 12.0. The van der Waals surface area contributed by atoms with Crippen LogP contribution in [0.2, 0.25) is 0 Å². The second-order valence-corrected chi connectivity index (χ2v) is 7.19. The van der Waals surface area contributed by atoms with E-state index in [1.54, 1.807) is 31.2 Å². The topological polar surface area (TPSA) is 87.7 Å². The zero-order valence-corrected chi connectivity index (χ0v) is 18.1. The van der Waals surface area contributed by atoms with Crippen LogP contribution in [0.3, 0.4) is 0 Å². The number of unbranched alkanes of at least 4 members (excludes halogenated alkanes) is 1. The first-order valence-corrected chi connectivity index (χ1v) is 10.6. The largest absolute Gasteiger partial charge is 0.478 e. The number of pyridine rings is 1. The highest BCUT2D eigenvalue weighted by atomic mass is 16.6. The van der Waals surface area contributed by atoms with E-state index in [-0.39, 0.29) is 23.3 Å². The van der Waals surface area contributed by atoms with Gasteiger partial charge in [0, 0.05) is 18.3 Å². The molecular weight excluding hydrogens is 398 g/mol. The fraction of sp³-hybridized carbons (Fsp3) is 0.375. The lowest BCUT2D eigenvalue weighted by molar-refractivity contribution is -0.151. The predicted molar refractivity (Wildman–Crippen MR) is 118 cm³/mol. The maximum Gasteiger partial charge on any atom is 0.347 e. The Balaban J connectivity index is 2.11. The Hall–Kier alpha value is -3.35. The van der Waals surface area contributed by atoms with Crippen molar-refractivity contribution in [2.24, 2.45) is 0 Å². The molecule has 164 valence electrons. The molecule has 0 aliphatic rings. The van der Waals surface area contributed by atoms with E-state index in [1.807, 2.05) is 6.92 Å². The Bertz CT molecular complexity index is 1180. The molecule has 7 heteroatoms. The molecule has 0 bridgehead atoms. The lowest BCUT2D eigenvalue weighted by Crippen LogP contribution is -2.29. The van der Waals surface area contributed by atoms with Crippen molar-refractivity contribution >= 4 is 16.9 Å². The summed E-state index contributed by atoms with van der Waals surface area (Å²) >= 11 is 0. The SMILES string of the molecule is CCCCc1cc2c(=O)c(-n3ccccc3=O)coc2cc1OC(CC)C(=O)OCC. The van der Waals surface area contributed by atoms with Crippen molar-refractivity contribution in [2.75, 3.05) is 6.61 Å². The van der Waals surface area contributed by atoms with Gasteiger partial charge in [-0.1, -0.05) is 26.3 Å². The monoisotopic (exact) mass is 425 g/mol. The minimum atomic E-state index is -0.744. The van der Waals surface area contributed by atoms with Crippen molar-refractivity contribution in [3.05, 3.63) is 68.9 Å². The Kier molecular flexibility index (Phi) is 7.28. The molecule has 2 aromatic heterocycles. The molecule has 3 rings (SSSR count). The molecule has 0 aliphatic heterocycles. The van der Waals surface area contributed by atoms with E-state index in [0.717, 1.165) is 18.4 Å². The van der Waals surface area contributed by atoms with Crippen molar-refractivity contribution in [1.29, 1.82) is 0 Å². The van der Waals surface area contributed by atoms with Crippen LogP contribution in [0, 0.1) is 0 Å². The van der Waals surface area contributed by atoms with E-state index < -0.39 is 12.1 Å². The van der Waals surface area contributed by atoms with Crippen molar-refractivity contribution in [2.45, 2.75) is 52.6 Å². The molecule has 0 amide bonds. The number of aromatic nitrogens is 1. The molecular formula is C24H27NO6. The number of esters is 1. The summed E-state index contributed by atoms with van der Waals surface area (Å²) in [5, 5.41) is 0.357. The van der Waals surface area contributed by atoms with Crippen LogP contribution >= 0.6 is 0 Å². The number of carbonyl (C=O) groups is 1. The average Bonchev–Trinajstić information content (AvgIpc) is 2.77. The second kappa shape index (κ2) is 10.1. The molecule has 7 nitrogen and oxygen atoms in total. The van der Waals surface area contributed by atoms with Gasteiger partial charge in [0.25, 0.3) is 5.56 Å². The molecule has 0 spiro atoms. The van der Waals surface area contributed by atoms with Crippen LogP contribution in [-0.4, -0.2) is 23.2 Å². The highest BCUT2D eigenvalue weighted by Crippen LogP contribution is 2.28. The smallest absolute Gasteiger partial charge is 0.347 e. The highest BCUT2D eigenvalue weighted by molar-refractivity contribution is 5.81. The van der Waals surface area contributed by atoms with Crippen LogP contribution in [0.1, 0.15) is 45.6 Å². The van der Waals surface area contributed by atoms with Crippen molar-refractivity contribution in [3.63, 3.8) is 0 Å². The Morgan fingerprint density at radius 2 is 1.97 bits per heavy atom. The van der Waals surface area contributed by atoms with Crippen LogP contribution in [0.25, 0.3) is 16.7 Å². The zero-order valence-electron chi connectivity index (χ0n) is 18.1. The third-order valence-corrected chi connectivity index (χ3v) is 5.01. The van der Waals surface area contributed by atoms with Crippen molar-refractivity contribution < 1.29 is 18.7 Å². The number of hydrogen-bond donors (Lipinski definition) is 0. The van der Waals surface area contributed by atoms with Gasteiger partial charge in [-0.2, -0.15) is 0 Å². The summed E-state index contributed by atoms with van der Waals surface area (Å²) in [6.45, 7) is 5.94. The molecule has 0 aliphatic carbocycles. The number of ether oxygens (including phenoxy) is 2. The number of rotatable bonds is 9. The molecule has 0 saturated carbocycles. The summed E-state index contributed by atoms with van der Waals surface area (Å²) in [6, 6.07) is 8.05. The van der Waals surface area contributed by atoms with Gasteiger partial charge in [0.05, 0.1) is 12.0 Å². The second-order valence-electron chi connectivity index (χ2n) is 7.19. The lowest BCUT2D eigenvalue weighted by Gasteiger charge is -2.19. The maximum atomic E-state index is 13.2. The van der Waals surface area contributed by atoms with Gasteiger partial charge in [0.15, 0.2) is 6.10 Å². The van der Waals surface area contributed by atoms with Gasteiger partial charge in [-0.05, 0) is 43.9 Å². The van der Waals surface area contributed by atoms with Crippen molar-refractivity contribution in [3.8, 4) is 11.4 Å². The number of carbonyl (C=O) groups excluding carboxylic acids is 1. The lowest BCUT2D eigenvalue weighted by atomic mass is 10.0. The third-order valence-electron chi connectivity index (χ3n) is 5.01. The summed E-state index contributed by atoms with van der Waals surface area (Å²) < 4.78 is 18.1. The highest BCUT2D eigenvalue weighted by Gasteiger charge is 2.22. The maximum absolute atomic E-state index is 13.2. The first kappa shape index (κ1) is 22.3. The molecule has 1 aromatic carbocycles. The van der Waals surface area contributed by atoms with E-state index in [0.29, 0.717) is 29.6 Å². The quantitative estimate of drug-likeness (QED) is 0.482. The molecule has 0 radical (unpaired) electrons. The molecule has 3 aromatic rings. The summed E-state index contributed by atoms with van der Waals surface area (Å²) in [4.78, 5) is 37.5. The van der Waals surface area contributed by atoms with E-state index in [9.17, 15) is 14.4 Å². The first-order chi connectivity index (χ1) is 15.0. The number of benzene rings is 1. The fourth-order valence-electron chi connectivity index (χ4n) is 3.34. The number of aryl methyl sites for hydroxylation is 1. The summed E-state index contributed by atoms with van der Waals surface area (Å²) in [6.07, 6.45) is 5.03. The predicted octanol–water partition coefficient (Wildman–Crippen LogP) is 4.01. The molecule has 31 heavy (non-hydrogen) atoms. The standard InChI is InChI=1S/C24H27NO6/c1-4-7-10-16-13-17-21(14-20(16)31-19(5-2)24(28)29-6-3)30-15-18(23(17)27)25-12-9-8-11-22(25)26/h8-9,11-15,19H,4-7,10H2,1-3H3. The van der Waals surface area contributed by atoms with Crippen LogP contribution in [0.15, 0.2) is 56.8 Å². The van der Waals surface area contributed by atoms with Gasteiger partial charge in [-0.25, -0.2) is 4.79 Å². The minimum absolute atomic E-state index is 0.145. The van der Waals surface area contributed by atoms with Gasteiger partial charge in [0.2, 0.25) is 5.43 Å². The van der Waals surface area contributed by atoms with Crippen LogP contribution < -0.4 is 15.7 Å². The van der Waals surface area contributed by atoms with Crippen LogP contribution in [-0.2, 0) is 16.0 Å². The van der Waals surface area contributed by atoms with Gasteiger partial charge < -0.3 is 13.9 Å². The van der Waals surface area contributed by atoms with Crippen LogP contribution in [0.5, 0.6) is 5.75 Å². The van der Waals surface area contributed by atoms with Gasteiger partial charge >= 0.3 is 5.97 Å². The van der Waals surface area contributed by atoms with Gasteiger partial charge in [-0.3, -0.25) is 14.2 Å². The summed E-state index contributed by atoms with van der Waals surface area (Å²) in [5.74, 6) is 0.0698. The van der Waals surface area contributed by atoms with E-state index in [1.165, 1.54) is 23.1 Å². The summed E-state index contributed by atoms with van der Waals surface area (Å²) in [7, 11) is 0. The van der Waals surface area contributed by atoms with Crippen LogP contribution in [0.4, 0.5) is 0 Å². The van der Waals surface area contributed by atoms with Gasteiger partial charge in [-0.15, -0.1) is 0 Å². The zero-order chi connectivity index (χ0) is 22.4. The fourth-order valence-corrected chi connectivity index (χ4v) is 3.34. The number of fused-ring (bicyclic) bond motifs is 1. The molecule has 1 unspecified atom stereocenters. The summed E-state index contributed by atoms with van der Waals surface area (Å²) in [5.41, 5.74) is 0.650. The Morgan fingerprint density at radius 1 is 1.16 bits per heavy atom. The number of hydrogen-bond acceptors (Lipinski definition) is 6. The molecule has 1 atom stereocenters. The van der Waals surface area contributed by atoms with Gasteiger partial charge in [0.1, 0.15) is 23.3 Å². The first-order valence-electron chi connectivity index (χ1n) is 10.6. The average molecular weight is 425 g/mol. The Labute approximate surface area is 180 Å². The third kappa shape index (κ3) is 4.87. The van der Waals surface area contributed by atoms with E-state index >= 15 is 0 Å². The molecule has 0 saturated heterocycles. The molecule has 0 fully saturated rings. The van der Waals surface area contributed by atoms with Crippen molar-refractivity contribution in [1.82, 2.24) is 4.57 Å². The number of nitrogens with zero attached hydrogens (tertiary/aromatic N) is 1. The minimum Gasteiger partial charge on any atom is -0.478 e. The van der Waals surface area contributed by atoms with E-state index in [2.05, 4.69) is 6.92 Å². The van der Waals surface area contributed by atoms with E-state index in [4.69, 9.17) is 13.9 Å². The Morgan fingerprint density at radius 3 is 2.65 bits per heavy atom. The molecule has 0 N–H and O–H groups in total. The molecule has 2 heterocycles.